The van der Waals surface area contributed by atoms with Gasteiger partial charge in [-0.3, -0.25) is 0 Å². The third-order valence-electron chi connectivity index (χ3n) is 2.15. The van der Waals surface area contributed by atoms with Crippen molar-refractivity contribution in [3.05, 3.63) is 46.3 Å². The Morgan fingerprint density at radius 3 is 2.93 bits per heavy atom. The minimum absolute atomic E-state index is 0.941. The summed E-state index contributed by atoms with van der Waals surface area (Å²) in [6.07, 6.45) is 1.06. The van der Waals surface area contributed by atoms with Crippen LogP contribution in [-0.2, 0) is 6.42 Å². The van der Waals surface area contributed by atoms with Crippen LogP contribution in [0.4, 0.5) is 5.82 Å². The fourth-order valence-corrected chi connectivity index (χ4v) is 2.12. The molecule has 15 heavy (non-hydrogen) atoms. The molecule has 2 aromatic heterocycles. The van der Waals surface area contributed by atoms with Crippen LogP contribution in [0.15, 0.2) is 35.7 Å². The lowest BCUT2D eigenvalue weighted by Crippen LogP contribution is -2.05. The molecule has 0 aliphatic rings. The molecule has 0 bridgehead atoms. The molecule has 0 aromatic carbocycles. The standard InChI is InChI=1S/C12H14N2S/c1-10-4-2-6-12(14-10)13-8-7-11-5-3-9-15-11/h2-6,9H,7-8H2,1H3,(H,13,14). The highest BCUT2D eigenvalue weighted by Gasteiger charge is 1.95. The summed E-state index contributed by atoms with van der Waals surface area (Å²) in [6, 6.07) is 10.3. The molecule has 0 aliphatic heterocycles. The summed E-state index contributed by atoms with van der Waals surface area (Å²) >= 11 is 1.80. The van der Waals surface area contributed by atoms with E-state index in [1.165, 1.54) is 4.88 Å². The van der Waals surface area contributed by atoms with Gasteiger partial charge in [0, 0.05) is 17.1 Å². The molecule has 0 saturated heterocycles. The van der Waals surface area contributed by atoms with Crippen LogP contribution in [0.1, 0.15) is 10.6 Å². The number of hydrogen-bond acceptors (Lipinski definition) is 3. The van der Waals surface area contributed by atoms with Gasteiger partial charge in [-0.2, -0.15) is 0 Å². The fraction of sp³-hybridized carbons (Fsp3) is 0.250. The van der Waals surface area contributed by atoms with E-state index >= 15 is 0 Å². The molecule has 78 valence electrons. The van der Waals surface area contributed by atoms with Crippen molar-refractivity contribution in [2.75, 3.05) is 11.9 Å². The van der Waals surface area contributed by atoms with Crippen molar-refractivity contribution in [1.82, 2.24) is 4.98 Å². The highest BCUT2D eigenvalue weighted by Crippen LogP contribution is 2.09. The highest BCUT2D eigenvalue weighted by atomic mass is 32.1. The van der Waals surface area contributed by atoms with Gasteiger partial charge in [0.15, 0.2) is 0 Å². The number of rotatable bonds is 4. The summed E-state index contributed by atoms with van der Waals surface area (Å²) in [7, 11) is 0. The maximum absolute atomic E-state index is 4.38. The normalized spacial score (nSPS) is 10.2. The van der Waals surface area contributed by atoms with E-state index in [1.807, 2.05) is 25.1 Å². The lowest BCUT2D eigenvalue weighted by molar-refractivity contribution is 1.02. The predicted molar refractivity (Wildman–Crippen MR) is 65.5 cm³/mol. The Balaban J connectivity index is 1.83. The highest BCUT2D eigenvalue weighted by molar-refractivity contribution is 7.09. The zero-order valence-corrected chi connectivity index (χ0v) is 9.55. The van der Waals surface area contributed by atoms with E-state index in [2.05, 4.69) is 27.8 Å². The van der Waals surface area contributed by atoms with E-state index in [9.17, 15) is 0 Å². The van der Waals surface area contributed by atoms with E-state index in [1.54, 1.807) is 11.3 Å². The predicted octanol–water partition coefficient (Wildman–Crippen LogP) is 3.11. The van der Waals surface area contributed by atoms with Gasteiger partial charge in [0.25, 0.3) is 0 Å². The molecule has 1 N–H and O–H groups in total. The van der Waals surface area contributed by atoms with Crippen LogP contribution >= 0.6 is 11.3 Å². The molecule has 0 saturated carbocycles. The van der Waals surface area contributed by atoms with E-state index in [-0.39, 0.29) is 0 Å². The van der Waals surface area contributed by atoms with E-state index in [4.69, 9.17) is 0 Å². The summed E-state index contributed by atoms with van der Waals surface area (Å²) in [4.78, 5) is 5.80. The van der Waals surface area contributed by atoms with Crippen LogP contribution in [0.2, 0.25) is 0 Å². The summed E-state index contributed by atoms with van der Waals surface area (Å²) < 4.78 is 0. The van der Waals surface area contributed by atoms with Crippen molar-refractivity contribution in [3.63, 3.8) is 0 Å². The summed E-state index contributed by atoms with van der Waals surface area (Å²) in [6.45, 7) is 2.95. The third-order valence-corrected chi connectivity index (χ3v) is 3.08. The molecule has 3 heteroatoms. The van der Waals surface area contributed by atoms with Gasteiger partial charge in [-0.05, 0) is 36.9 Å². The summed E-state index contributed by atoms with van der Waals surface area (Å²) in [5.74, 6) is 0.964. The lowest BCUT2D eigenvalue weighted by Gasteiger charge is -2.04. The second-order valence-corrected chi connectivity index (χ2v) is 4.45. The molecule has 2 aromatic rings. The van der Waals surface area contributed by atoms with Crippen LogP contribution in [0, 0.1) is 6.92 Å². The second-order valence-electron chi connectivity index (χ2n) is 3.42. The van der Waals surface area contributed by atoms with Gasteiger partial charge in [0.1, 0.15) is 5.82 Å². The van der Waals surface area contributed by atoms with Crippen molar-refractivity contribution in [1.29, 1.82) is 0 Å². The molecule has 2 rings (SSSR count). The van der Waals surface area contributed by atoms with Gasteiger partial charge in [-0.25, -0.2) is 4.98 Å². The molecule has 0 aliphatic carbocycles. The number of aromatic nitrogens is 1. The number of pyridine rings is 1. The first-order valence-corrected chi connectivity index (χ1v) is 5.92. The van der Waals surface area contributed by atoms with E-state index < -0.39 is 0 Å². The first-order valence-electron chi connectivity index (χ1n) is 5.04. The zero-order valence-electron chi connectivity index (χ0n) is 8.73. The molecule has 0 spiro atoms. The molecule has 2 heterocycles. The quantitative estimate of drug-likeness (QED) is 0.853. The maximum atomic E-state index is 4.38. The molecule has 0 radical (unpaired) electrons. The Hall–Kier alpha value is -1.35. The number of aryl methyl sites for hydroxylation is 1. The Kier molecular flexibility index (Phi) is 3.35. The Labute approximate surface area is 94.0 Å². The van der Waals surface area contributed by atoms with Gasteiger partial charge in [-0.15, -0.1) is 11.3 Å². The Morgan fingerprint density at radius 1 is 1.27 bits per heavy atom. The fourth-order valence-electron chi connectivity index (χ4n) is 1.41. The van der Waals surface area contributed by atoms with Crippen molar-refractivity contribution in [3.8, 4) is 0 Å². The smallest absolute Gasteiger partial charge is 0.126 e. The van der Waals surface area contributed by atoms with E-state index in [0.717, 1.165) is 24.5 Å². The average Bonchev–Trinajstić information content (AvgIpc) is 2.71. The number of hydrogen-bond donors (Lipinski definition) is 1. The average molecular weight is 218 g/mol. The molecule has 0 unspecified atom stereocenters. The molecular formula is C12H14N2S. The minimum Gasteiger partial charge on any atom is -0.370 e. The first-order chi connectivity index (χ1) is 7.34. The number of thiophene rings is 1. The van der Waals surface area contributed by atoms with Crippen molar-refractivity contribution >= 4 is 17.2 Å². The molecular weight excluding hydrogens is 204 g/mol. The van der Waals surface area contributed by atoms with Gasteiger partial charge in [0.05, 0.1) is 0 Å². The van der Waals surface area contributed by atoms with Gasteiger partial charge in [0.2, 0.25) is 0 Å². The second kappa shape index (κ2) is 4.94. The molecule has 0 amide bonds. The van der Waals surface area contributed by atoms with Crippen LogP contribution in [0.25, 0.3) is 0 Å². The van der Waals surface area contributed by atoms with E-state index in [0.29, 0.717) is 0 Å². The van der Waals surface area contributed by atoms with Gasteiger partial charge in [-0.1, -0.05) is 12.1 Å². The lowest BCUT2D eigenvalue weighted by atomic mass is 10.3. The van der Waals surface area contributed by atoms with Crippen LogP contribution < -0.4 is 5.32 Å². The van der Waals surface area contributed by atoms with Crippen LogP contribution in [-0.4, -0.2) is 11.5 Å². The number of nitrogens with zero attached hydrogens (tertiary/aromatic N) is 1. The molecule has 0 atom stereocenters. The molecule has 0 fully saturated rings. The topological polar surface area (TPSA) is 24.9 Å². The number of anilines is 1. The van der Waals surface area contributed by atoms with Gasteiger partial charge < -0.3 is 5.32 Å². The summed E-state index contributed by atoms with van der Waals surface area (Å²) in [5.41, 5.74) is 1.05. The van der Waals surface area contributed by atoms with Crippen molar-refractivity contribution < 1.29 is 0 Å². The SMILES string of the molecule is Cc1cccc(NCCc2cccs2)n1. The summed E-state index contributed by atoms with van der Waals surface area (Å²) in [5, 5.41) is 5.43. The monoisotopic (exact) mass is 218 g/mol. The van der Waals surface area contributed by atoms with Crippen molar-refractivity contribution in [2.45, 2.75) is 13.3 Å². The maximum Gasteiger partial charge on any atom is 0.126 e. The first kappa shape index (κ1) is 10.2. The Morgan fingerprint density at radius 2 is 2.20 bits per heavy atom. The third kappa shape index (κ3) is 3.06. The largest absolute Gasteiger partial charge is 0.370 e. The number of nitrogens with one attached hydrogen (secondary N) is 1. The van der Waals surface area contributed by atoms with Crippen LogP contribution in [0.5, 0.6) is 0 Å². The molecule has 2 nitrogen and oxygen atoms in total. The minimum atomic E-state index is 0.941. The van der Waals surface area contributed by atoms with Crippen molar-refractivity contribution in [2.24, 2.45) is 0 Å². The zero-order chi connectivity index (χ0) is 10.5. The van der Waals surface area contributed by atoms with Crippen LogP contribution in [0.3, 0.4) is 0 Å². The Bertz CT molecular complexity index is 409. The van der Waals surface area contributed by atoms with Gasteiger partial charge >= 0.3 is 0 Å².